The molecule has 1 N–H and O–H groups in total. The Morgan fingerprint density at radius 1 is 1.11 bits per heavy atom. The first-order chi connectivity index (χ1) is 13.1. The van der Waals surface area contributed by atoms with Crippen molar-refractivity contribution in [1.82, 2.24) is 14.5 Å². The second kappa shape index (κ2) is 7.19. The largest absolute Gasteiger partial charge is 0.324 e. The van der Waals surface area contributed by atoms with Crippen LogP contribution in [-0.4, -0.2) is 33.6 Å². The number of aromatic nitrogens is 2. The molecule has 4 rings (SSSR count). The number of likely N-dealkylation sites (tertiary alicyclic amines) is 1. The number of nitrogens with zero attached hydrogens (tertiary/aromatic N) is 3. The van der Waals surface area contributed by atoms with Gasteiger partial charge in [-0.15, -0.1) is 0 Å². The van der Waals surface area contributed by atoms with Crippen LogP contribution in [0.1, 0.15) is 18.9 Å². The van der Waals surface area contributed by atoms with Crippen LogP contribution in [-0.2, 0) is 0 Å². The Labute approximate surface area is 155 Å². The van der Waals surface area contributed by atoms with E-state index in [0.29, 0.717) is 31.4 Å². The summed E-state index contributed by atoms with van der Waals surface area (Å²) in [7, 11) is 0. The van der Waals surface area contributed by atoms with Crippen molar-refractivity contribution in [3.63, 3.8) is 0 Å². The van der Waals surface area contributed by atoms with Crippen LogP contribution in [0.25, 0.3) is 10.9 Å². The highest BCUT2D eigenvalue weighted by Crippen LogP contribution is 2.22. The number of nitrogens with one attached hydrogen (secondary N) is 1. The van der Waals surface area contributed by atoms with Gasteiger partial charge in [-0.2, -0.15) is 0 Å². The Morgan fingerprint density at radius 3 is 2.59 bits per heavy atom. The number of hydrogen-bond donors (Lipinski definition) is 1. The molecule has 2 aromatic carbocycles. The predicted molar refractivity (Wildman–Crippen MR) is 101 cm³/mol. The molecule has 1 fully saturated rings. The molecule has 0 radical (unpaired) electrons. The summed E-state index contributed by atoms with van der Waals surface area (Å²) in [6.07, 6.45) is 2.81. The van der Waals surface area contributed by atoms with Crippen LogP contribution in [0.15, 0.2) is 59.7 Å². The normalized spacial score (nSPS) is 15.1. The molecular weight excluding hydrogens is 347 g/mol. The molecule has 1 aliphatic rings. The van der Waals surface area contributed by atoms with Crippen LogP contribution >= 0.6 is 0 Å². The summed E-state index contributed by atoms with van der Waals surface area (Å²) in [4.78, 5) is 31.1. The molecule has 0 aliphatic carbocycles. The van der Waals surface area contributed by atoms with Crippen LogP contribution in [0.2, 0.25) is 0 Å². The molecule has 0 saturated carbocycles. The molecule has 1 aliphatic heterocycles. The Balaban J connectivity index is 1.46. The number of urea groups is 1. The van der Waals surface area contributed by atoms with Gasteiger partial charge < -0.3 is 10.2 Å². The van der Waals surface area contributed by atoms with Gasteiger partial charge in [0.15, 0.2) is 0 Å². The van der Waals surface area contributed by atoms with E-state index in [2.05, 4.69) is 10.3 Å². The van der Waals surface area contributed by atoms with E-state index in [0.717, 1.165) is 5.69 Å². The molecule has 2 amide bonds. The zero-order valence-corrected chi connectivity index (χ0v) is 14.6. The van der Waals surface area contributed by atoms with Gasteiger partial charge in [-0.3, -0.25) is 9.36 Å². The van der Waals surface area contributed by atoms with Crippen molar-refractivity contribution in [3.8, 4) is 0 Å². The lowest BCUT2D eigenvalue weighted by atomic mass is 10.0. The highest BCUT2D eigenvalue weighted by Gasteiger charge is 2.25. The SMILES string of the molecule is O=C(Nc1ccccc1)N1CCC(n2cnc3ccc(F)cc3c2=O)CC1. The summed E-state index contributed by atoms with van der Waals surface area (Å²) in [6, 6.07) is 13.1. The monoisotopic (exact) mass is 366 g/mol. The van der Waals surface area contributed by atoms with Crippen molar-refractivity contribution < 1.29 is 9.18 Å². The van der Waals surface area contributed by atoms with Crippen LogP contribution in [0.3, 0.4) is 0 Å². The predicted octanol–water partition coefficient (Wildman–Crippen LogP) is 3.40. The number of hydrogen-bond acceptors (Lipinski definition) is 3. The van der Waals surface area contributed by atoms with Crippen molar-refractivity contribution in [3.05, 3.63) is 71.0 Å². The van der Waals surface area contributed by atoms with Crippen molar-refractivity contribution in [2.24, 2.45) is 0 Å². The smallest absolute Gasteiger partial charge is 0.321 e. The third-order valence-corrected chi connectivity index (χ3v) is 4.91. The number of para-hydroxylation sites is 1. The Kier molecular flexibility index (Phi) is 4.58. The number of piperidine rings is 1. The van der Waals surface area contributed by atoms with Crippen LogP contribution in [0, 0.1) is 5.82 Å². The third kappa shape index (κ3) is 3.53. The lowest BCUT2D eigenvalue weighted by Gasteiger charge is -2.32. The summed E-state index contributed by atoms with van der Waals surface area (Å²) < 4.78 is 15.0. The molecule has 1 aromatic heterocycles. The summed E-state index contributed by atoms with van der Waals surface area (Å²) in [6.45, 7) is 1.08. The van der Waals surface area contributed by atoms with E-state index in [4.69, 9.17) is 0 Å². The van der Waals surface area contributed by atoms with Gasteiger partial charge in [0.25, 0.3) is 5.56 Å². The molecule has 27 heavy (non-hydrogen) atoms. The van der Waals surface area contributed by atoms with E-state index >= 15 is 0 Å². The molecule has 0 bridgehead atoms. The fraction of sp³-hybridized carbons (Fsp3) is 0.250. The highest BCUT2D eigenvalue weighted by molar-refractivity contribution is 5.89. The average molecular weight is 366 g/mol. The molecular formula is C20H19FN4O2. The van der Waals surface area contributed by atoms with E-state index in [9.17, 15) is 14.0 Å². The molecule has 2 heterocycles. The maximum Gasteiger partial charge on any atom is 0.321 e. The second-order valence-corrected chi connectivity index (χ2v) is 6.63. The molecule has 1 saturated heterocycles. The molecule has 7 heteroatoms. The van der Waals surface area contributed by atoms with E-state index < -0.39 is 5.82 Å². The molecule has 0 atom stereocenters. The lowest BCUT2D eigenvalue weighted by Crippen LogP contribution is -2.42. The van der Waals surface area contributed by atoms with Gasteiger partial charge in [0.05, 0.1) is 17.2 Å². The minimum atomic E-state index is -0.452. The Hall–Kier alpha value is -3.22. The van der Waals surface area contributed by atoms with Gasteiger partial charge in [0.2, 0.25) is 0 Å². The first-order valence-corrected chi connectivity index (χ1v) is 8.89. The van der Waals surface area contributed by atoms with E-state index in [1.807, 2.05) is 30.3 Å². The summed E-state index contributed by atoms with van der Waals surface area (Å²) in [5, 5.41) is 3.15. The third-order valence-electron chi connectivity index (χ3n) is 4.91. The standard InChI is InChI=1S/C20H19FN4O2/c21-14-6-7-18-17(12-14)19(26)25(13-22-18)16-8-10-24(11-9-16)20(27)23-15-4-2-1-3-5-15/h1-7,12-13,16H,8-11H2,(H,23,27). The number of carbonyl (C=O) groups is 1. The van der Waals surface area contributed by atoms with Crippen molar-refractivity contribution in [2.75, 3.05) is 18.4 Å². The fourth-order valence-corrected chi connectivity index (χ4v) is 3.44. The number of amides is 2. The minimum absolute atomic E-state index is 0.0570. The van der Waals surface area contributed by atoms with Gasteiger partial charge in [-0.25, -0.2) is 14.2 Å². The maximum absolute atomic E-state index is 13.5. The molecule has 6 nitrogen and oxygen atoms in total. The van der Waals surface area contributed by atoms with Gasteiger partial charge in [0, 0.05) is 24.8 Å². The number of anilines is 1. The second-order valence-electron chi connectivity index (χ2n) is 6.63. The number of rotatable bonds is 2. The summed E-state index contributed by atoms with van der Waals surface area (Å²) in [5.41, 5.74) is 0.991. The minimum Gasteiger partial charge on any atom is -0.324 e. The van der Waals surface area contributed by atoms with Crippen molar-refractivity contribution in [2.45, 2.75) is 18.9 Å². The average Bonchev–Trinajstić information content (AvgIpc) is 2.70. The number of fused-ring (bicyclic) bond motifs is 1. The zero-order valence-electron chi connectivity index (χ0n) is 14.6. The van der Waals surface area contributed by atoms with Gasteiger partial charge in [-0.1, -0.05) is 18.2 Å². The quantitative estimate of drug-likeness (QED) is 0.756. The highest BCUT2D eigenvalue weighted by atomic mass is 19.1. The topological polar surface area (TPSA) is 67.2 Å². The van der Waals surface area contributed by atoms with Crippen molar-refractivity contribution in [1.29, 1.82) is 0 Å². The lowest BCUT2D eigenvalue weighted by molar-refractivity contribution is 0.182. The molecule has 3 aromatic rings. The van der Waals surface area contributed by atoms with Gasteiger partial charge in [0.1, 0.15) is 5.82 Å². The number of benzene rings is 2. The van der Waals surface area contributed by atoms with E-state index in [1.165, 1.54) is 24.5 Å². The van der Waals surface area contributed by atoms with Gasteiger partial charge >= 0.3 is 6.03 Å². The first-order valence-electron chi connectivity index (χ1n) is 8.89. The van der Waals surface area contributed by atoms with E-state index in [-0.39, 0.29) is 23.0 Å². The van der Waals surface area contributed by atoms with Crippen LogP contribution in [0.4, 0.5) is 14.9 Å². The first kappa shape index (κ1) is 17.2. The Bertz CT molecular complexity index is 1030. The zero-order chi connectivity index (χ0) is 18.8. The number of carbonyl (C=O) groups excluding carboxylic acids is 1. The fourth-order valence-electron chi connectivity index (χ4n) is 3.44. The van der Waals surface area contributed by atoms with E-state index in [1.54, 1.807) is 9.47 Å². The van der Waals surface area contributed by atoms with Crippen LogP contribution in [0.5, 0.6) is 0 Å². The van der Waals surface area contributed by atoms with Crippen LogP contribution < -0.4 is 10.9 Å². The summed E-state index contributed by atoms with van der Waals surface area (Å²) in [5.74, 6) is -0.452. The molecule has 0 spiro atoms. The molecule has 0 unspecified atom stereocenters. The maximum atomic E-state index is 13.5. The Morgan fingerprint density at radius 2 is 1.85 bits per heavy atom. The molecule has 138 valence electrons. The van der Waals surface area contributed by atoms with Crippen molar-refractivity contribution >= 4 is 22.6 Å². The van der Waals surface area contributed by atoms with Gasteiger partial charge in [-0.05, 0) is 43.2 Å². The summed E-state index contributed by atoms with van der Waals surface area (Å²) >= 11 is 0. The number of halogens is 1.